The molecular formula is C25H28N4O3. The Morgan fingerprint density at radius 2 is 1.75 bits per heavy atom. The fraction of sp³-hybridized carbons (Fsp3) is 0.320. The number of hydrogen-bond acceptors (Lipinski definition) is 5. The van der Waals surface area contributed by atoms with E-state index in [4.69, 9.17) is 4.74 Å². The molecule has 7 heteroatoms. The van der Waals surface area contributed by atoms with Crippen molar-refractivity contribution < 1.29 is 14.3 Å². The second kappa shape index (κ2) is 9.89. The van der Waals surface area contributed by atoms with E-state index in [0.717, 1.165) is 35.2 Å². The van der Waals surface area contributed by atoms with Gasteiger partial charge in [0.05, 0.1) is 30.5 Å². The van der Waals surface area contributed by atoms with Gasteiger partial charge < -0.3 is 15.4 Å². The van der Waals surface area contributed by atoms with Crippen molar-refractivity contribution in [3.63, 3.8) is 0 Å². The molecule has 0 saturated carbocycles. The largest absolute Gasteiger partial charge is 0.379 e. The summed E-state index contributed by atoms with van der Waals surface area (Å²) in [6.07, 6.45) is 0. The van der Waals surface area contributed by atoms with Crippen LogP contribution in [0.1, 0.15) is 22.9 Å². The van der Waals surface area contributed by atoms with Crippen LogP contribution in [-0.2, 0) is 14.3 Å². The molecule has 1 aliphatic rings. The van der Waals surface area contributed by atoms with Gasteiger partial charge >= 0.3 is 11.8 Å². The molecule has 2 heterocycles. The molecular weight excluding hydrogens is 404 g/mol. The Hall–Kier alpha value is -3.29. The van der Waals surface area contributed by atoms with E-state index in [9.17, 15) is 9.59 Å². The maximum atomic E-state index is 12.7. The highest BCUT2D eigenvalue weighted by atomic mass is 16.5. The number of nitrogens with zero attached hydrogens (tertiary/aromatic N) is 2. The zero-order valence-corrected chi connectivity index (χ0v) is 18.4. The number of rotatable bonds is 5. The zero-order valence-electron chi connectivity index (χ0n) is 18.4. The minimum atomic E-state index is -0.689. The summed E-state index contributed by atoms with van der Waals surface area (Å²) in [6, 6.07) is 17.6. The Bertz CT molecular complexity index is 1110. The van der Waals surface area contributed by atoms with Gasteiger partial charge in [0.1, 0.15) is 0 Å². The molecule has 0 unspecified atom stereocenters. The molecule has 3 aromatic rings. The Morgan fingerprint density at radius 3 is 2.50 bits per heavy atom. The average Bonchev–Trinajstić information content (AvgIpc) is 2.80. The van der Waals surface area contributed by atoms with Gasteiger partial charge in [0.2, 0.25) is 0 Å². The smallest absolute Gasteiger partial charge is 0.313 e. The SMILES string of the molecule is Cc1ccc([C@@H](CNC(=O)C(=O)Nc2cc(C)nc3ccccc23)N2CCOCC2)cc1. The van der Waals surface area contributed by atoms with Crippen molar-refractivity contribution in [2.45, 2.75) is 19.9 Å². The third-order valence-corrected chi connectivity index (χ3v) is 5.70. The first-order valence-corrected chi connectivity index (χ1v) is 10.9. The number of carbonyl (C=O) groups excluding carboxylic acids is 2. The quantitative estimate of drug-likeness (QED) is 0.606. The normalized spacial score (nSPS) is 15.3. The summed E-state index contributed by atoms with van der Waals surface area (Å²) < 4.78 is 5.48. The van der Waals surface area contributed by atoms with Crippen LogP contribution in [0, 0.1) is 13.8 Å². The van der Waals surface area contributed by atoms with E-state index in [-0.39, 0.29) is 6.04 Å². The molecule has 0 spiro atoms. The van der Waals surface area contributed by atoms with Crippen LogP contribution in [0.2, 0.25) is 0 Å². The predicted molar refractivity (Wildman–Crippen MR) is 124 cm³/mol. The van der Waals surface area contributed by atoms with Crippen molar-refractivity contribution in [2.24, 2.45) is 0 Å². The van der Waals surface area contributed by atoms with E-state index in [1.165, 1.54) is 5.56 Å². The first-order valence-electron chi connectivity index (χ1n) is 10.9. The predicted octanol–water partition coefficient (Wildman–Crippen LogP) is 2.98. The van der Waals surface area contributed by atoms with Crippen LogP contribution >= 0.6 is 0 Å². The van der Waals surface area contributed by atoms with E-state index < -0.39 is 11.8 Å². The summed E-state index contributed by atoms with van der Waals surface area (Å²) in [5, 5.41) is 6.37. The summed E-state index contributed by atoms with van der Waals surface area (Å²) in [7, 11) is 0. The van der Waals surface area contributed by atoms with Crippen LogP contribution in [-0.4, -0.2) is 54.5 Å². The standard InChI is InChI=1S/C25H28N4O3/c1-17-7-9-19(10-8-17)23(29-11-13-32-14-12-29)16-26-24(30)25(31)28-22-15-18(2)27-21-6-4-3-5-20(21)22/h3-10,15,23H,11-14,16H2,1-2H3,(H,26,30)(H,27,28,31)/t23-/m1/s1. The summed E-state index contributed by atoms with van der Waals surface area (Å²) in [4.78, 5) is 32.1. The van der Waals surface area contributed by atoms with E-state index in [2.05, 4.69) is 44.8 Å². The number of amides is 2. The van der Waals surface area contributed by atoms with E-state index in [0.29, 0.717) is 25.4 Å². The van der Waals surface area contributed by atoms with Crippen LogP contribution in [0.3, 0.4) is 0 Å². The Labute approximate surface area is 187 Å². The van der Waals surface area contributed by atoms with Crippen molar-refractivity contribution in [2.75, 3.05) is 38.2 Å². The second-order valence-corrected chi connectivity index (χ2v) is 8.07. The molecule has 1 aliphatic heterocycles. The number of para-hydroxylation sites is 1. The minimum absolute atomic E-state index is 0.0275. The third-order valence-electron chi connectivity index (χ3n) is 5.70. The monoisotopic (exact) mass is 432 g/mol. The van der Waals surface area contributed by atoms with Gasteiger partial charge in [-0.3, -0.25) is 19.5 Å². The van der Waals surface area contributed by atoms with E-state index in [1.807, 2.05) is 38.1 Å². The van der Waals surface area contributed by atoms with Crippen molar-refractivity contribution in [1.29, 1.82) is 0 Å². The van der Waals surface area contributed by atoms with Crippen molar-refractivity contribution in [3.8, 4) is 0 Å². The molecule has 1 fully saturated rings. The third kappa shape index (κ3) is 5.12. The van der Waals surface area contributed by atoms with Gasteiger partial charge in [0.25, 0.3) is 0 Å². The first kappa shape index (κ1) is 21.9. The minimum Gasteiger partial charge on any atom is -0.379 e. The van der Waals surface area contributed by atoms with Crippen molar-refractivity contribution in [1.82, 2.24) is 15.2 Å². The highest BCUT2D eigenvalue weighted by Crippen LogP contribution is 2.24. The number of hydrogen-bond donors (Lipinski definition) is 2. The van der Waals surface area contributed by atoms with Crippen LogP contribution in [0.25, 0.3) is 10.9 Å². The lowest BCUT2D eigenvalue weighted by Crippen LogP contribution is -2.45. The Kier molecular flexibility index (Phi) is 6.78. The molecule has 0 bridgehead atoms. The second-order valence-electron chi connectivity index (χ2n) is 8.07. The molecule has 2 aromatic carbocycles. The average molecular weight is 433 g/mol. The lowest BCUT2D eigenvalue weighted by molar-refractivity contribution is -0.136. The molecule has 32 heavy (non-hydrogen) atoms. The lowest BCUT2D eigenvalue weighted by Gasteiger charge is -2.35. The highest BCUT2D eigenvalue weighted by Gasteiger charge is 2.24. The summed E-state index contributed by atoms with van der Waals surface area (Å²) in [6.45, 7) is 7.12. The molecule has 7 nitrogen and oxygen atoms in total. The Morgan fingerprint density at radius 1 is 1.03 bits per heavy atom. The van der Waals surface area contributed by atoms with E-state index >= 15 is 0 Å². The molecule has 4 rings (SSSR count). The number of nitrogens with one attached hydrogen (secondary N) is 2. The number of aryl methyl sites for hydroxylation is 2. The fourth-order valence-electron chi connectivity index (χ4n) is 4.00. The molecule has 166 valence electrons. The van der Waals surface area contributed by atoms with Gasteiger partial charge in [0, 0.05) is 30.7 Å². The molecule has 0 aliphatic carbocycles. The fourth-order valence-corrected chi connectivity index (χ4v) is 4.00. The van der Waals surface area contributed by atoms with Gasteiger partial charge in [0.15, 0.2) is 0 Å². The molecule has 1 saturated heterocycles. The van der Waals surface area contributed by atoms with Crippen LogP contribution in [0.15, 0.2) is 54.6 Å². The number of pyridine rings is 1. The summed E-state index contributed by atoms with van der Waals surface area (Å²) in [5.74, 6) is -1.35. The first-order chi connectivity index (χ1) is 15.5. The molecule has 2 N–H and O–H groups in total. The number of fused-ring (bicyclic) bond motifs is 1. The molecule has 1 atom stereocenters. The van der Waals surface area contributed by atoms with Gasteiger partial charge in [-0.2, -0.15) is 0 Å². The number of morpholine rings is 1. The van der Waals surface area contributed by atoms with Crippen molar-refractivity contribution in [3.05, 3.63) is 71.4 Å². The van der Waals surface area contributed by atoms with Crippen molar-refractivity contribution >= 4 is 28.4 Å². The van der Waals surface area contributed by atoms with E-state index in [1.54, 1.807) is 6.07 Å². The zero-order chi connectivity index (χ0) is 22.5. The van der Waals surface area contributed by atoms with Gasteiger partial charge in [-0.1, -0.05) is 48.0 Å². The maximum absolute atomic E-state index is 12.7. The van der Waals surface area contributed by atoms with Gasteiger partial charge in [-0.25, -0.2) is 0 Å². The lowest BCUT2D eigenvalue weighted by atomic mass is 10.0. The van der Waals surface area contributed by atoms with Crippen LogP contribution in [0.4, 0.5) is 5.69 Å². The molecule has 2 amide bonds. The number of anilines is 1. The maximum Gasteiger partial charge on any atom is 0.313 e. The van der Waals surface area contributed by atoms with Gasteiger partial charge in [-0.15, -0.1) is 0 Å². The number of ether oxygens (including phenoxy) is 1. The molecule has 1 aromatic heterocycles. The van der Waals surface area contributed by atoms with Crippen LogP contribution in [0.5, 0.6) is 0 Å². The summed E-state index contributed by atoms with van der Waals surface area (Å²) >= 11 is 0. The molecule has 0 radical (unpaired) electrons. The van der Waals surface area contributed by atoms with Gasteiger partial charge in [-0.05, 0) is 31.5 Å². The van der Waals surface area contributed by atoms with Crippen LogP contribution < -0.4 is 10.6 Å². The summed E-state index contributed by atoms with van der Waals surface area (Å²) in [5.41, 5.74) is 4.41. The number of aromatic nitrogens is 1. The number of carbonyl (C=O) groups is 2. The Balaban J connectivity index is 1.46. The topological polar surface area (TPSA) is 83.6 Å². The number of benzene rings is 2. The highest BCUT2D eigenvalue weighted by molar-refractivity contribution is 6.40.